The highest BCUT2D eigenvalue weighted by Gasteiger charge is 2.53. The fraction of sp³-hybridized carbons (Fsp3) is 0.353. The van der Waals surface area contributed by atoms with Crippen LogP contribution in [0, 0.1) is 10.1 Å². The molecular formula is C34H34N2O15. The Labute approximate surface area is 290 Å². The molecule has 4 rings (SSSR count). The van der Waals surface area contributed by atoms with Crippen molar-refractivity contribution in [3.8, 4) is 11.5 Å². The second kappa shape index (κ2) is 17.0. The van der Waals surface area contributed by atoms with E-state index >= 15 is 0 Å². The molecular weight excluding hydrogens is 676 g/mol. The number of ether oxygens (including phenoxy) is 8. The van der Waals surface area contributed by atoms with Crippen molar-refractivity contribution in [2.45, 2.75) is 65.0 Å². The number of carbonyl (C=O) groups is 5. The molecule has 0 radical (unpaired) electrons. The number of pyridine rings is 1. The van der Waals surface area contributed by atoms with Crippen LogP contribution in [0.2, 0.25) is 0 Å². The van der Waals surface area contributed by atoms with Gasteiger partial charge in [0.2, 0.25) is 12.4 Å². The molecule has 0 N–H and O–H groups in total. The Hall–Kier alpha value is -6.10. The minimum absolute atomic E-state index is 0.0586. The van der Waals surface area contributed by atoms with Crippen LogP contribution >= 0.6 is 0 Å². The normalized spacial score (nSPS) is 19.6. The summed E-state index contributed by atoms with van der Waals surface area (Å²) in [4.78, 5) is 76.5. The lowest BCUT2D eigenvalue weighted by atomic mass is 9.98. The second-order valence-electron chi connectivity index (χ2n) is 10.9. The highest BCUT2D eigenvalue weighted by molar-refractivity contribution is 5.94. The molecule has 2 heterocycles. The topological polar surface area (TPSA) is 215 Å². The highest BCUT2D eigenvalue weighted by atomic mass is 16.7. The molecule has 270 valence electrons. The number of benzene rings is 2. The smallest absolute Gasteiger partial charge is 0.361 e. The first-order valence-corrected chi connectivity index (χ1v) is 15.3. The van der Waals surface area contributed by atoms with E-state index in [2.05, 4.69) is 11.6 Å². The first-order chi connectivity index (χ1) is 24.3. The molecule has 2 aromatic carbocycles. The molecule has 1 saturated heterocycles. The summed E-state index contributed by atoms with van der Waals surface area (Å²) in [7, 11) is 0. The minimum atomic E-state index is -1.71. The SMILES string of the molecule is C=CCOC(=O)c1nc2ccccc2cc1OCc1ccc(O[C@@H]2O[C@H](COC(C)=O)[C@H](OC(C)=O)[C@H](OC(C)=O)[C@H]2OC(C)=O)c([N+](=O)[O-])c1. The summed E-state index contributed by atoms with van der Waals surface area (Å²) in [6.07, 6.45) is -6.28. The van der Waals surface area contributed by atoms with Crippen molar-refractivity contribution in [2.24, 2.45) is 0 Å². The average Bonchev–Trinajstić information content (AvgIpc) is 3.07. The Morgan fingerprint density at radius 1 is 0.863 bits per heavy atom. The van der Waals surface area contributed by atoms with E-state index in [1.165, 1.54) is 18.2 Å². The Morgan fingerprint density at radius 2 is 1.53 bits per heavy atom. The van der Waals surface area contributed by atoms with Gasteiger partial charge in [-0.3, -0.25) is 29.3 Å². The Balaban J connectivity index is 1.66. The zero-order valence-electron chi connectivity index (χ0n) is 27.9. The fourth-order valence-corrected chi connectivity index (χ4v) is 5.02. The molecule has 0 unspecified atom stereocenters. The van der Waals surface area contributed by atoms with Crippen LogP contribution in [0.4, 0.5) is 5.69 Å². The number of nitro benzene ring substituents is 1. The number of hydrogen-bond acceptors (Lipinski definition) is 16. The Morgan fingerprint density at radius 3 is 2.18 bits per heavy atom. The largest absolute Gasteiger partial charge is 0.486 e. The van der Waals surface area contributed by atoms with Gasteiger partial charge in [-0.25, -0.2) is 9.78 Å². The van der Waals surface area contributed by atoms with Crippen molar-refractivity contribution >= 4 is 46.4 Å². The van der Waals surface area contributed by atoms with Gasteiger partial charge in [-0.1, -0.05) is 36.9 Å². The van der Waals surface area contributed by atoms with Gasteiger partial charge >= 0.3 is 35.5 Å². The summed E-state index contributed by atoms with van der Waals surface area (Å²) in [6, 6.07) is 12.4. The van der Waals surface area contributed by atoms with E-state index in [9.17, 15) is 34.1 Å². The van der Waals surface area contributed by atoms with Gasteiger partial charge in [-0.2, -0.15) is 0 Å². The molecule has 1 aromatic heterocycles. The number of nitrogens with zero attached hydrogens (tertiary/aromatic N) is 2. The van der Waals surface area contributed by atoms with E-state index in [4.69, 9.17) is 37.9 Å². The molecule has 17 heteroatoms. The first-order valence-electron chi connectivity index (χ1n) is 15.3. The Kier molecular flexibility index (Phi) is 12.6. The van der Waals surface area contributed by atoms with Gasteiger partial charge in [0.05, 0.1) is 10.4 Å². The molecule has 5 atom stereocenters. The number of nitro groups is 1. The van der Waals surface area contributed by atoms with Gasteiger partial charge in [0, 0.05) is 39.1 Å². The van der Waals surface area contributed by atoms with Gasteiger partial charge in [-0.05, 0) is 23.8 Å². The number of esters is 5. The summed E-state index contributed by atoms with van der Waals surface area (Å²) in [5.74, 6) is -4.38. The van der Waals surface area contributed by atoms with Gasteiger partial charge in [0.15, 0.2) is 29.4 Å². The van der Waals surface area contributed by atoms with E-state index in [0.29, 0.717) is 10.9 Å². The maximum absolute atomic E-state index is 12.8. The molecule has 1 aliphatic rings. The van der Waals surface area contributed by atoms with Gasteiger partial charge < -0.3 is 37.9 Å². The molecule has 51 heavy (non-hydrogen) atoms. The van der Waals surface area contributed by atoms with Crippen LogP contribution in [-0.2, 0) is 54.2 Å². The van der Waals surface area contributed by atoms with Crippen LogP contribution in [0.25, 0.3) is 10.9 Å². The zero-order chi connectivity index (χ0) is 37.2. The standard InChI is InChI=1S/C34H34N2O15/c1-6-13-44-33(41)29-27(15-23-9-7-8-10-24(23)35-29)46-16-22-11-12-26(25(14-22)36(42)43)50-34-32(49-21(5)40)31(48-20(4)39)30(47-19(3)38)28(51-34)17-45-18(2)37/h6-12,14-15,28,30-32,34H,1,13,16-17H2,2-5H3/t28-,30+,31+,32-,34-/m1/s1. The maximum Gasteiger partial charge on any atom is 0.361 e. The van der Waals surface area contributed by atoms with Crippen molar-refractivity contribution in [1.29, 1.82) is 0 Å². The van der Waals surface area contributed by atoms with Crippen LogP contribution in [0.1, 0.15) is 43.7 Å². The zero-order valence-corrected chi connectivity index (χ0v) is 27.9. The van der Waals surface area contributed by atoms with Gasteiger partial charge in [0.1, 0.15) is 25.9 Å². The molecule has 0 amide bonds. The van der Waals surface area contributed by atoms with E-state index in [0.717, 1.165) is 33.8 Å². The summed E-state index contributed by atoms with van der Waals surface area (Å²) >= 11 is 0. The lowest BCUT2D eigenvalue weighted by Gasteiger charge is -2.43. The predicted molar refractivity (Wildman–Crippen MR) is 172 cm³/mol. The van der Waals surface area contributed by atoms with Crippen molar-refractivity contribution in [2.75, 3.05) is 13.2 Å². The predicted octanol–water partition coefficient (Wildman–Crippen LogP) is 3.53. The molecule has 0 bridgehead atoms. The third kappa shape index (κ3) is 9.98. The van der Waals surface area contributed by atoms with E-state index in [1.54, 1.807) is 30.3 Å². The number of hydrogen-bond donors (Lipinski definition) is 0. The highest BCUT2D eigenvalue weighted by Crippen LogP contribution is 2.35. The summed E-state index contributed by atoms with van der Waals surface area (Å²) in [5.41, 5.74) is 0.0868. The number of carbonyl (C=O) groups excluding carboxylic acids is 5. The van der Waals surface area contributed by atoms with Crippen molar-refractivity contribution in [1.82, 2.24) is 4.98 Å². The Bertz CT molecular complexity index is 1830. The molecule has 1 fully saturated rings. The third-order valence-electron chi connectivity index (χ3n) is 7.02. The van der Waals surface area contributed by atoms with Crippen LogP contribution in [0.5, 0.6) is 11.5 Å². The average molecular weight is 711 g/mol. The summed E-state index contributed by atoms with van der Waals surface area (Å²) in [5, 5.41) is 12.9. The third-order valence-corrected chi connectivity index (χ3v) is 7.02. The molecule has 17 nitrogen and oxygen atoms in total. The monoisotopic (exact) mass is 710 g/mol. The molecule has 1 aliphatic heterocycles. The fourth-order valence-electron chi connectivity index (χ4n) is 5.02. The lowest BCUT2D eigenvalue weighted by Crippen LogP contribution is -2.63. The maximum atomic E-state index is 12.8. The van der Waals surface area contributed by atoms with Crippen molar-refractivity contribution in [3.63, 3.8) is 0 Å². The van der Waals surface area contributed by atoms with Gasteiger partial charge in [0.25, 0.3) is 0 Å². The van der Waals surface area contributed by atoms with Crippen molar-refractivity contribution in [3.05, 3.63) is 82.6 Å². The lowest BCUT2D eigenvalue weighted by molar-refractivity contribution is -0.387. The number of fused-ring (bicyclic) bond motifs is 1. The van der Waals surface area contributed by atoms with E-state index in [1.807, 2.05) is 0 Å². The summed E-state index contributed by atoms with van der Waals surface area (Å²) in [6.45, 7) is 6.94. The van der Waals surface area contributed by atoms with Crippen LogP contribution < -0.4 is 9.47 Å². The molecule has 0 spiro atoms. The van der Waals surface area contributed by atoms with Crippen LogP contribution in [0.15, 0.2) is 61.2 Å². The second-order valence-corrected chi connectivity index (χ2v) is 10.9. The number of rotatable bonds is 14. The molecule has 0 saturated carbocycles. The van der Waals surface area contributed by atoms with E-state index < -0.39 is 77.8 Å². The first kappa shape index (κ1) is 37.7. The van der Waals surface area contributed by atoms with Crippen LogP contribution in [0.3, 0.4) is 0 Å². The van der Waals surface area contributed by atoms with Crippen LogP contribution in [-0.4, -0.2) is 83.7 Å². The summed E-state index contributed by atoms with van der Waals surface area (Å²) < 4.78 is 44.0. The molecule has 0 aliphatic carbocycles. The van der Waals surface area contributed by atoms with Gasteiger partial charge in [-0.15, -0.1) is 0 Å². The quantitative estimate of drug-likeness (QED) is 0.0769. The molecule has 3 aromatic rings. The van der Waals surface area contributed by atoms with E-state index in [-0.39, 0.29) is 36.0 Å². The number of aromatic nitrogens is 1. The minimum Gasteiger partial charge on any atom is -0.486 e. The van der Waals surface area contributed by atoms with Crippen molar-refractivity contribution < 1.29 is 66.8 Å². The number of para-hydroxylation sites is 1.